The zero-order valence-corrected chi connectivity index (χ0v) is 11.9. The minimum absolute atomic E-state index is 0.725. The predicted molar refractivity (Wildman–Crippen MR) is 73.0 cm³/mol. The highest BCUT2D eigenvalue weighted by Gasteiger charge is 2.22. The molecule has 0 saturated carbocycles. The van der Waals surface area contributed by atoms with Gasteiger partial charge in [-0.1, -0.05) is 43.4 Å². The molecule has 3 heteroatoms. The summed E-state index contributed by atoms with van der Waals surface area (Å²) in [5, 5.41) is 10.9. The Bertz CT molecular complexity index is 446. The number of hydrogen-bond donors (Lipinski definition) is 0. The Morgan fingerprint density at radius 1 is 1.19 bits per heavy atom. The quantitative estimate of drug-likeness (QED) is 0.559. The molecular weight excluding hydrogens is 234 g/mol. The van der Waals surface area contributed by atoms with E-state index < -0.39 is 8.07 Å². The molecule has 84 valence electrons. The van der Waals surface area contributed by atoms with Crippen molar-refractivity contribution in [2.75, 3.05) is 0 Å². The van der Waals surface area contributed by atoms with E-state index in [-0.39, 0.29) is 0 Å². The molecule has 16 heavy (non-hydrogen) atoms. The fraction of sp³-hybridized carbons (Fsp3) is 0.308. The van der Waals surface area contributed by atoms with Gasteiger partial charge in [0.15, 0.2) is 0 Å². The first kappa shape index (κ1) is 13.0. The summed E-state index contributed by atoms with van der Waals surface area (Å²) in [5.74, 6) is 0. The van der Waals surface area contributed by atoms with Gasteiger partial charge in [0.2, 0.25) is 0 Å². The lowest BCUT2D eigenvalue weighted by Crippen LogP contribution is -2.24. The van der Waals surface area contributed by atoms with Crippen LogP contribution in [0.5, 0.6) is 0 Å². The van der Waals surface area contributed by atoms with Crippen LogP contribution in [0.2, 0.25) is 24.7 Å². The van der Waals surface area contributed by atoms with E-state index in [1.54, 1.807) is 0 Å². The molecular formula is C13H16ClNSi. The summed E-state index contributed by atoms with van der Waals surface area (Å²) in [6, 6.07) is 10.0. The summed E-state index contributed by atoms with van der Waals surface area (Å²) in [7, 11) is -1.56. The van der Waals surface area contributed by atoms with Crippen molar-refractivity contribution in [2.24, 2.45) is 0 Å². The van der Waals surface area contributed by atoms with Crippen LogP contribution in [0.1, 0.15) is 12.5 Å². The Balaban J connectivity index is 3.27. The third kappa shape index (κ3) is 2.97. The lowest BCUT2D eigenvalue weighted by molar-refractivity contribution is 1.47. The van der Waals surface area contributed by atoms with Gasteiger partial charge in [0.05, 0.1) is 14.1 Å². The van der Waals surface area contributed by atoms with Crippen molar-refractivity contribution in [3.63, 3.8) is 0 Å². The van der Waals surface area contributed by atoms with E-state index >= 15 is 0 Å². The SMILES string of the molecule is C/C(=C(\C#N)[Si](C)(C)C)c1ccc(Cl)cc1. The number of rotatable bonds is 2. The summed E-state index contributed by atoms with van der Waals surface area (Å²) >= 11 is 5.85. The molecule has 0 unspecified atom stereocenters. The third-order valence-corrected chi connectivity index (χ3v) is 4.75. The summed E-state index contributed by atoms with van der Waals surface area (Å²) in [6.45, 7) is 8.57. The second-order valence-corrected chi connectivity index (χ2v) is 10.3. The first-order chi connectivity index (χ1) is 7.36. The molecule has 1 rings (SSSR count). The maximum absolute atomic E-state index is 9.25. The van der Waals surface area contributed by atoms with Gasteiger partial charge in [0.1, 0.15) is 0 Å². The van der Waals surface area contributed by atoms with Crippen LogP contribution in [0.3, 0.4) is 0 Å². The Labute approximate surface area is 103 Å². The number of benzene rings is 1. The Hall–Kier alpha value is -1.04. The Kier molecular flexibility index (Phi) is 3.96. The van der Waals surface area contributed by atoms with Crippen LogP contribution in [0.25, 0.3) is 5.57 Å². The zero-order chi connectivity index (χ0) is 12.3. The molecule has 0 aromatic heterocycles. The van der Waals surface area contributed by atoms with Crippen molar-refractivity contribution < 1.29 is 0 Å². The molecule has 0 radical (unpaired) electrons. The highest BCUT2D eigenvalue weighted by atomic mass is 35.5. The molecule has 0 fully saturated rings. The maximum Gasteiger partial charge on any atom is 0.0915 e. The molecule has 0 bridgehead atoms. The predicted octanol–water partition coefficient (Wildman–Crippen LogP) is 4.51. The summed E-state index contributed by atoms with van der Waals surface area (Å²) < 4.78 is 0. The molecule has 0 amide bonds. The average Bonchev–Trinajstić information content (AvgIpc) is 2.17. The molecule has 1 aromatic carbocycles. The van der Waals surface area contributed by atoms with Gasteiger partial charge >= 0.3 is 0 Å². The standard InChI is InChI=1S/C13H16ClNSi/c1-10(13(9-15)16(2,3)4)11-5-7-12(14)8-6-11/h5-8H,1-4H3/b13-10-. The molecule has 0 aliphatic heterocycles. The second kappa shape index (κ2) is 4.86. The van der Waals surface area contributed by atoms with Crippen molar-refractivity contribution in [1.29, 1.82) is 5.26 Å². The van der Waals surface area contributed by atoms with Crippen molar-refractivity contribution >= 4 is 25.2 Å². The van der Waals surface area contributed by atoms with E-state index in [4.69, 9.17) is 11.6 Å². The number of allylic oxidation sites excluding steroid dienone is 2. The third-order valence-electron chi connectivity index (χ3n) is 2.51. The molecule has 0 N–H and O–H groups in total. The first-order valence-electron chi connectivity index (χ1n) is 5.23. The van der Waals surface area contributed by atoms with Gasteiger partial charge in [0.25, 0.3) is 0 Å². The van der Waals surface area contributed by atoms with Crippen molar-refractivity contribution in [3.05, 3.63) is 40.0 Å². The van der Waals surface area contributed by atoms with E-state index in [1.165, 1.54) is 0 Å². The fourth-order valence-electron chi connectivity index (χ4n) is 1.66. The number of halogens is 1. The fourth-order valence-corrected chi connectivity index (χ4v) is 3.39. The average molecular weight is 250 g/mol. The van der Waals surface area contributed by atoms with E-state index in [9.17, 15) is 5.26 Å². The van der Waals surface area contributed by atoms with Crippen LogP contribution in [-0.2, 0) is 0 Å². The van der Waals surface area contributed by atoms with E-state index in [1.807, 2.05) is 31.2 Å². The number of hydrogen-bond acceptors (Lipinski definition) is 1. The molecule has 0 aliphatic carbocycles. The van der Waals surface area contributed by atoms with E-state index in [0.29, 0.717) is 0 Å². The smallest absolute Gasteiger partial charge is 0.0915 e. The monoisotopic (exact) mass is 249 g/mol. The molecule has 1 aromatic rings. The molecule has 0 spiro atoms. The Morgan fingerprint density at radius 2 is 1.69 bits per heavy atom. The van der Waals surface area contributed by atoms with Crippen LogP contribution in [0.15, 0.2) is 29.5 Å². The summed E-state index contributed by atoms with van der Waals surface area (Å²) in [5.41, 5.74) is 2.17. The molecule has 1 nitrogen and oxygen atoms in total. The van der Waals surface area contributed by atoms with Gasteiger partial charge in [-0.2, -0.15) is 5.26 Å². The van der Waals surface area contributed by atoms with Gasteiger partial charge < -0.3 is 0 Å². The normalized spacial score (nSPS) is 13.0. The van der Waals surface area contributed by atoms with Crippen molar-refractivity contribution in [1.82, 2.24) is 0 Å². The highest BCUT2D eigenvalue weighted by molar-refractivity contribution is 6.84. The first-order valence-corrected chi connectivity index (χ1v) is 9.11. The Morgan fingerprint density at radius 3 is 2.06 bits per heavy atom. The zero-order valence-electron chi connectivity index (χ0n) is 10.1. The van der Waals surface area contributed by atoms with Crippen LogP contribution < -0.4 is 0 Å². The van der Waals surface area contributed by atoms with E-state index in [0.717, 1.165) is 21.4 Å². The van der Waals surface area contributed by atoms with Gasteiger partial charge in [-0.25, -0.2) is 0 Å². The maximum atomic E-state index is 9.25. The van der Waals surface area contributed by atoms with Crippen LogP contribution >= 0.6 is 11.6 Å². The summed E-state index contributed by atoms with van der Waals surface area (Å²) in [6.07, 6.45) is 0. The molecule has 0 heterocycles. The summed E-state index contributed by atoms with van der Waals surface area (Å²) in [4.78, 5) is 0. The van der Waals surface area contributed by atoms with Crippen molar-refractivity contribution in [2.45, 2.75) is 26.6 Å². The minimum atomic E-state index is -1.56. The topological polar surface area (TPSA) is 23.8 Å². The van der Waals surface area contributed by atoms with Gasteiger partial charge in [-0.3, -0.25) is 0 Å². The van der Waals surface area contributed by atoms with E-state index in [2.05, 4.69) is 25.7 Å². The molecule has 0 saturated heterocycles. The van der Waals surface area contributed by atoms with Gasteiger partial charge in [-0.05, 0) is 30.2 Å². The minimum Gasteiger partial charge on any atom is -0.193 e. The lowest BCUT2D eigenvalue weighted by atomic mass is 10.1. The molecule has 0 aliphatic rings. The van der Waals surface area contributed by atoms with Gasteiger partial charge in [-0.15, -0.1) is 0 Å². The van der Waals surface area contributed by atoms with Gasteiger partial charge in [0, 0.05) is 10.2 Å². The van der Waals surface area contributed by atoms with Crippen LogP contribution in [-0.4, -0.2) is 8.07 Å². The molecule has 0 atom stereocenters. The second-order valence-electron chi connectivity index (χ2n) is 4.87. The van der Waals surface area contributed by atoms with Crippen LogP contribution in [0, 0.1) is 11.3 Å². The highest BCUT2D eigenvalue weighted by Crippen LogP contribution is 2.25. The lowest BCUT2D eigenvalue weighted by Gasteiger charge is -2.18. The van der Waals surface area contributed by atoms with Crippen LogP contribution in [0.4, 0.5) is 0 Å². The number of nitriles is 1. The largest absolute Gasteiger partial charge is 0.193 e. The van der Waals surface area contributed by atoms with Crippen molar-refractivity contribution in [3.8, 4) is 6.07 Å². The number of nitrogens with zero attached hydrogens (tertiary/aromatic N) is 1.